The van der Waals surface area contributed by atoms with Crippen LogP contribution < -0.4 is 0 Å². The minimum atomic E-state index is -2.63. The van der Waals surface area contributed by atoms with Crippen molar-refractivity contribution in [1.82, 2.24) is 0 Å². The molecule has 0 aromatic carbocycles. The summed E-state index contributed by atoms with van der Waals surface area (Å²) in [7, 11) is 3.10. The van der Waals surface area contributed by atoms with Gasteiger partial charge in [0.25, 0.3) is 0 Å². The van der Waals surface area contributed by atoms with Gasteiger partial charge in [0.2, 0.25) is 0 Å². The van der Waals surface area contributed by atoms with Crippen LogP contribution in [-0.4, -0.2) is 27.5 Å². The van der Waals surface area contributed by atoms with E-state index < -0.39 is 6.41 Å². The van der Waals surface area contributed by atoms with Crippen molar-refractivity contribution in [1.29, 1.82) is 0 Å². The van der Waals surface area contributed by atoms with Gasteiger partial charge in [0.05, 0.1) is 0 Å². The average molecular weight is 159 g/mol. The number of halogens is 1. The molecule has 0 aliphatic carbocycles. The van der Waals surface area contributed by atoms with E-state index in [-0.39, 0.29) is 0 Å². The van der Waals surface area contributed by atoms with E-state index in [2.05, 4.69) is 0 Å². The van der Waals surface area contributed by atoms with Gasteiger partial charge in [-0.05, 0) is 0 Å². The van der Waals surface area contributed by atoms with Crippen LogP contribution in [0.1, 0.15) is 0 Å². The third kappa shape index (κ3) is 2.83. The summed E-state index contributed by atoms with van der Waals surface area (Å²) in [5.41, 5.74) is 0. The second kappa shape index (κ2) is 2.11. The normalized spacial score (nSPS) is 17.4. The van der Waals surface area contributed by atoms with Crippen molar-refractivity contribution >= 4 is 17.7 Å². The van der Waals surface area contributed by atoms with Gasteiger partial charge in [-0.25, -0.2) is 0 Å². The van der Waals surface area contributed by atoms with Crippen LogP contribution in [0.2, 0.25) is 0 Å². The Morgan fingerprint density at radius 3 is 1.38 bits per heavy atom. The molecule has 0 spiro atoms. The van der Waals surface area contributed by atoms with Crippen LogP contribution in [0.25, 0.3) is 0 Å². The summed E-state index contributed by atoms with van der Waals surface area (Å²) in [6.07, 6.45) is -2.63. The second-order valence-electron chi connectivity index (χ2n) is 2.09. The zero-order valence-electron chi connectivity index (χ0n) is 5.64. The molecule has 0 fully saturated rings. The van der Waals surface area contributed by atoms with Crippen molar-refractivity contribution in [2.45, 2.75) is 0 Å². The molecule has 0 aromatic rings. The van der Waals surface area contributed by atoms with Crippen molar-refractivity contribution < 1.29 is 9.05 Å². The summed E-state index contributed by atoms with van der Waals surface area (Å²) in [5.74, 6) is 0. The van der Waals surface area contributed by atoms with E-state index in [0.717, 1.165) is 0 Å². The van der Waals surface area contributed by atoms with Gasteiger partial charge in [0.1, 0.15) is 0 Å². The van der Waals surface area contributed by atoms with Gasteiger partial charge in [-0.15, -0.1) is 0 Å². The maximum absolute atomic E-state index is 5.85. The van der Waals surface area contributed by atoms with Crippen LogP contribution in [0.3, 0.4) is 0 Å². The summed E-state index contributed by atoms with van der Waals surface area (Å²) in [6.45, 7) is 3.54. The molecule has 0 rings (SSSR count). The van der Waals surface area contributed by atoms with Crippen molar-refractivity contribution in [3.63, 3.8) is 0 Å². The third-order valence-corrected chi connectivity index (χ3v) is 3.88. The van der Waals surface area contributed by atoms with Gasteiger partial charge >= 0.3 is 54.2 Å². The van der Waals surface area contributed by atoms with Gasteiger partial charge in [-0.3, -0.25) is 0 Å². The molecule has 0 saturated heterocycles. The Morgan fingerprint density at radius 2 is 1.38 bits per heavy atom. The predicted octanol–water partition coefficient (Wildman–Crippen LogP) is 2.08. The second-order valence-corrected chi connectivity index (χ2v) is 9.14. The molecule has 2 nitrogen and oxygen atoms in total. The first kappa shape index (κ1) is 8.64. The first-order chi connectivity index (χ1) is 3.39. The van der Waals surface area contributed by atoms with E-state index in [1.165, 1.54) is 0 Å². The summed E-state index contributed by atoms with van der Waals surface area (Å²) in [6, 6.07) is 0. The minimum absolute atomic E-state index is 1.55. The third-order valence-electron chi connectivity index (χ3n) is 1.02. The summed E-state index contributed by atoms with van der Waals surface area (Å²) < 4.78 is 9.90. The Labute approximate surface area is 55.0 Å². The SMILES string of the molecule is COP(C)(C)(Cl)OC. The summed E-state index contributed by atoms with van der Waals surface area (Å²) in [4.78, 5) is 0. The Balaban J connectivity index is 3.99. The van der Waals surface area contributed by atoms with Crippen molar-refractivity contribution in [3.05, 3.63) is 0 Å². The molecule has 8 heavy (non-hydrogen) atoms. The first-order valence-corrected chi connectivity index (χ1v) is 6.12. The Kier molecular flexibility index (Phi) is 2.28. The van der Waals surface area contributed by atoms with E-state index in [0.29, 0.717) is 0 Å². The molecule has 0 aliphatic heterocycles. The molecule has 0 atom stereocenters. The Hall–Kier alpha value is 0.640. The van der Waals surface area contributed by atoms with Gasteiger partial charge in [-0.1, -0.05) is 0 Å². The zero-order valence-corrected chi connectivity index (χ0v) is 7.29. The van der Waals surface area contributed by atoms with Gasteiger partial charge in [0.15, 0.2) is 0 Å². The molecule has 0 aromatic heterocycles. The van der Waals surface area contributed by atoms with Crippen LogP contribution in [-0.2, 0) is 9.05 Å². The van der Waals surface area contributed by atoms with E-state index in [1.807, 2.05) is 0 Å². The number of rotatable bonds is 2. The first-order valence-electron chi connectivity index (χ1n) is 2.25. The van der Waals surface area contributed by atoms with Crippen molar-refractivity contribution in [3.8, 4) is 0 Å². The molecule has 0 bridgehead atoms. The fourth-order valence-corrected chi connectivity index (χ4v) is 0.224. The number of hydrogen-bond acceptors (Lipinski definition) is 2. The summed E-state index contributed by atoms with van der Waals surface area (Å²) >= 11 is 5.85. The van der Waals surface area contributed by atoms with Crippen LogP contribution in [0.15, 0.2) is 0 Å². The van der Waals surface area contributed by atoms with Crippen LogP contribution in [0.4, 0.5) is 0 Å². The Morgan fingerprint density at radius 1 is 1.12 bits per heavy atom. The molecule has 0 amide bonds. The molecule has 0 aliphatic rings. The summed E-state index contributed by atoms with van der Waals surface area (Å²) in [5, 5.41) is 0. The maximum atomic E-state index is 5.85. The molecule has 0 N–H and O–H groups in total. The molecular formula is C4H12ClO2P. The molecule has 0 unspecified atom stereocenters. The van der Waals surface area contributed by atoms with Crippen LogP contribution >= 0.6 is 17.7 Å². The topological polar surface area (TPSA) is 18.5 Å². The molecular weight excluding hydrogens is 146 g/mol. The molecule has 0 heterocycles. The zero-order chi connectivity index (χ0) is 6.86. The van der Waals surface area contributed by atoms with Crippen molar-refractivity contribution in [2.24, 2.45) is 0 Å². The van der Waals surface area contributed by atoms with E-state index >= 15 is 0 Å². The quantitative estimate of drug-likeness (QED) is 0.573. The van der Waals surface area contributed by atoms with Gasteiger partial charge in [-0.2, -0.15) is 0 Å². The van der Waals surface area contributed by atoms with E-state index in [4.69, 9.17) is 20.3 Å². The standard InChI is InChI=1S/C4H12ClO2P/c1-6-8(3,4,5)7-2/h1-4H3. The average Bonchev–Trinajstić information content (AvgIpc) is 1.68. The Bertz CT molecular complexity index is 77.8. The van der Waals surface area contributed by atoms with E-state index in [1.54, 1.807) is 27.5 Å². The van der Waals surface area contributed by atoms with Gasteiger partial charge < -0.3 is 0 Å². The van der Waals surface area contributed by atoms with Crippen LogP contribution in [0.5, 0.6) is 0 Å². The molecule has 4 heteroatoms. The molecule has 0 saturated carbocycles. The van der Waals surface area contributed by atoms with Gasteiger partial charge in [0, 0.05) is 0 Å². The van der Waals surface area contributed by atoms with Crippen molar-refractivity contribution in [2.75, 3.05) is 27.5 Å². The predicted molar refractivity (Wildman–Crippen MR) is 38.6 cm³/mol. The fraction of sp³-hybridized carbons (Fsp3) is 1.00. The fourth-order valence-electron chi connectivity index (χ4n) is 0.0745. The van der Waals surface area contributed by atoms with Crippen LogP contribution in [0, 0.1) is 0 Å². The van der Waals surface area contributed by atoms with E-state index in [9.17, 15) is 0 Å². The monoisotopic (exact) mass is 158 g/mol. The number of hydrogen-bond donors (Lipinski definition) is 0. The molecule has 52 valence electrons. The molecule has 0 radical (unpaired) electrons.